The van der Waals surface area contributed by atoms with Crippen LogP contribution in [0.15, 0.2) is 66.7 Å². The highest BCUT2D eigenvalue weighted by atomic mass is 35.5. The monoisotopic (exact) mass is 530 g/mol. The summed E-state index contributed by atoms with van der Waals surface area (Å²) in [4.78, 5) is 44.1. The Kier molecular flexibility index (Phi) is 5.38. The van der Waals surface area contributed by atoms with Crippen molar-refractivity contribution in [2.24, 2.45) is 5.92 Å². The molecule has 37 heavy (non-hydrogen) atoms. The van der Waals surface area contributed by atoms with Crippen LogP contribution >= 0.6 is 23.2 Å². The van der Waals surface area contributed by atoms with E-state index in [2.05, 4.69) is 11.4 Å². The summed E-state index contributed by atoms with van der Waals surface area (Å²) in [6.45, 7) is 5.52. The molecule has 0 unspecified atom stereocenters. The van der Waals surface area contributed by atoms with Crippen LogP contribution in [0, 0.1) is 12.8 Å². The molecule has 3 aliphatic rings. The molecule has 5 nitrogen and oxygen atoms in total. The second-order valence-corrected chi connectivity index (χ2v) is 11.0. The normalized spacial score (nSPS) is 25.3. The molecule has 0 aliphatic carbocycles. The number of nitrogens with one attached hydrogen (secondary N) is 1. The molecule has 1 fully saturated rings. The molecule has 0 saturated carbocycles. The van der Waals surface area contributed by atoms with E-state index < -0.39 is 23.4 Å². The van der Waals surface area contributed by atoms with E-state index in [0.29, 0.717) is 16.3 Å². The first-order valence-corrected chi connectivity index (χ1v) is 12.9. The molecule has 1 saturated heterocycles. The molecule has 1 amide bonds. The number of fused-ring (bicyclic) bond motifs is 6. The Morgan fingerprint density at radius 2 is 1.76 bits per heavy atom. The first kappa shape index (κ1) is 24.0. The fourth-order valence-corrected chi connectivity index (χ4v) is 7.06. The van der Waals surface area contributed by atoms with E-state index in [1.165, 1.54) is 13.0 Å². The fraction of sp³-hybridized carbons (Fsp3) is 0.233. The van der Waals surface area contributed by atoms with Crippen molar-refractivity contribution in [2.45, 2.75) is 38.3 Å². The number of benzene rings is 3. The number of hydrogen-bond acceptors (Lipinski definition) is 4. The molecule has 6 rings (SSSR count). The molecule has 7 heteroatoms. The third kappa shape index (κ3) is 3.20. The molecule has 0 aromatic heterocycles. The summed E-state index contributed by atoms with van der Waals surface area (Å²) in [6.07, 6.45) is 2.04. The SMILES string of the molecule is CC(=O)[C@@H]1[C@H](C(=O)c2ccc(Cl)cc2Cl)[C@@]2(C(=O)Nc3ccccc32)[C@@H]2C=C(C)c3cc(C)ccc3N12. The second kappa shape index (κ2) is 8.30. The molecular formula is C30H24Cl2N2O3. The fourth-order valence-electron chi connectivity index (χ4n) is 6.56. The summed E-state index contributed by atoms with van der Waals surface area (Å²) in [6, 6.07) is 16.7. The lowest BCUT2D eigenvalue weighted by Crippen LogP contribution is -2.51. The lowest BCUT2D eigenvalue weighted by molar-refractivity contribution is -0.122. The summed E-state index contributed by atoms with van der Waals surface area (Å²) < 4.78 is 0. The van der Waals surface area contributed by atoms with E-state index in [1.54, 1.807) is 12.1 Å². The van der Waals surface area contributed by atoms with Gasteiger partial charge in [0.05, 0.1) is 23.0 Å². The Morgan fingerprint density at radius 3 is 2.49 bits per heavy atom. The van der Waals surface area contributed by atoms with Crippen LogP contribution in [0.5, 0.6) is 0 Å². The summed E-state index contributed by atoms with van der Waals surface area (Å²) in [5, 5.41) is 3.61. The summed E-state index contributed by atoms with van der Waals surface area (Å²) in [5.74, 6) is -1.87. The minimum absolute atomic E-state index is 0.189. The number of para-hydroxylation sites is 1. The van der Waals surface area contributed by atoms with Gasteiger partial charge in [-0.05, 0) is 68.3 Å². The molecule has 1 N–H and O–H groups in total. The maximum atomic E-state index is 14.5. The summed E-state index contributed by atoms with van der Waals surface area (Å²) in [5.41, 5.74) is 4.17. The quantitative estimate of drug-likeness (QED) is 0.406. The number of ketones is 2. The third-order valence-corrected chi connectivity index (χ3v) is 8.58. The Hall–Kier alpha value is -3.41. The maximum absolute atomic E-state index is 14.5. The standard InChI is InChI=1S/C30H24Cl2N2O3/c1-15-8-11-24-20(12-15)16(2)13-25-30(21-6-4-5-7-23(21)33-29(30)37)26(27(17(3)35)34(24)25)28(36)19-10-9-18(31)14-22(19)32/h4-14,25-27H,1-3H3,(H,33,37)/t25-,26+,27+,30-/m0/s1. The highest BCUT2D eigenvalue weighted by Gasteiger charge is 2.70. The average Bonchev–Trinajstić information content (AvgIpc) is 3.32. The van der Waals surface area contributed by atoms with Crippen LogP contribution in [-0.2, 0) is 15.0 Å². The maximum Gasteiger partial charge on any atom is 0.238 e. The van der Waals surface area contributed by atoms with Crippen LogP contribution in [0.2, 0.25) is 10.0 Å². The van der Waals surface area contributed by atoms with E-state index in [-0.39, 0.29) is 28.1 Å². The predicted octanol–water partition coefficient (Wildman–Crippen LogP) is 6.25. The molecule has 3 aliphatic heterocycles. The van der Waals surface area contributed by atoms with Crippen LogP contribution in [0.3, 0.4) is 0 Å². The van der Waals surface area contributed by atoms with Gasteiger partial charge in [0, 0.05) is 27.5 Å². The van der Waals surface area contributed by atoms with Crippen LogP contribution in [-0.4, -0.2) is 29.6 Å². The number of allylic oxidation sites excluding steroid dienone is 1. The Labute approximate surface area is 225 Å². The smallest absolute Gasteiger partial charge is 0.238 e. The number of nitrogens with zero attached hydrogens (tertiary/aromatic N) is 1. The summed E-state index contributed by atoms with van der Waals surface area (Å²) in [7, 11) is 0. The van der Waals surface area contributed by atoms with Crippen molar-refractivity contribution in [1.82, 2.24) is 0 Å². The van der Waals surface area contributed by atoms with Crippen LogP contribution < -0.4 is 10.2 Å². The molecule has 3 aromatic rings. The van der Waals surface area contributed by atoms with Crippen LogP contribution in [0.25, 0.3) is 5.57 Å². The molecule has 4 atom stereocenters. The molecule has 1 spiro atoms. The van der Waals surface area contributed by atoms with E-state index in [1.807, 2.05) is 61.2 Å². The zero-order chi connectivity index (χ0) is 26.2. The van der Waals surface area contributed by atoms with Gasteiger partial charge in [-0.2, -0.15) is 0 Å². The average molecular weight is 531 g/mol. The number of Topliss-reactive ketones (excluding diaryl/α,β-unsaturated/α-hetero) is 2. The first-order chi connectivity index (χ1) is 17.7. The van der Waals surface area contributed by atoms with Gasteiger partial charge in [-0.3, -0.25) is 14.4 Å². The zero-order valence-corrected chi connectivity index (χ0v) is 22.0. The number of halogens is 2. The van der Waals surface area contributed by atoms with E-state index >= 15 is 0 Å². The lowest BCUT2D eigenvalue weighted by Gasteiger charge is -2.39. The lowest BCUT2D eigenvalue weighted by atomic mass is 9.64. The molecular weight excluding hydrogens is 507 g/mol. The number of carbonyl (C=O) groups is 3. The van der Waals surface area contributed by atoms with Crippen molar-refractivity contribution in [1.29, 1.82) is 0 Å². The van der Waals surface area contributed by atoms with Crippen molar-refractivity contribution in [3.8, 4) is 0 Å². The van der Waals surface area contributed by atoms with Crippen molar-refractivity contribution < 1.29 is 14.4 Å². The zero-order valence-electron chi connectivity index (χ0n) is 20.5. The second-order valence-electron chi connectivity index (χ2n) is 10.1. The van der Waals surface area contributed by atoms with Gasteiger partial charge in [0.1, 0.15) is 5.41 Å². The highest BCUT2D eigenvalue weighted by molar-refractivity contribution is 6.37. The molecule has 3 aromatic carbocycles. The number of hydrogen-bond donors (Lipinski definition) is 1. The van der Waals surface area contributed by atoms with Gasteiger partial charge in [-0.15, -0.1) is 0 Å². The van der Waals surface area contributed by atoms with Crippen LogP contribution in [0.4, 0.5) is 11.4 Å². The largest absolute Gasteiger partial charge is 0.352 e. The van der Waals surface area contributed by atoms with Gasteiger partial charge in [0.25, 0.3) is 0 Å². The van der Waals surface area contributed by atoms with Crippen molar-refractivity contribution in [2.75, 3.05) is 10.2 Å². The Balaban J connectivity index is 1.69. The van der Waals surface area contributed by atoms with Gasteiger partial charge >= 0.3 is 0 Å². The highest BCUT2D eigenvalue weighted by Crippen LogP contribution is 2.58. The Bertz CT molecular complexity index is 1560. The van der Waals surface area contributed by atoms with Gasteiger partial charge in [0.2, 0.25) is 5.91 Å². The van der Waals surface area contributed by atoms with E-state index in [9.17, 15) is 14.4 Å². The van der Waals surface area contributed by atoms with Crippen molar-refractivity contribution >= 4 is 57.6 Å². The number of rotatable bonds is 3. The predicted molar refractivity (Wildman–Crippen MR) is 147 cm³/mol. The number of amides is 1. The number of aryl methyl sites for hydroxylation is 1. The van der Waals surface area contributed by atoms with Gasteiger partial charge in [-0.1, -0.05) is 59.1 Å². The van der Waals surface area contributed by atoms with Gasteiger partial charge in [0.15, 0.2) is 11.6 Å². The first-order valence-electron chi connectivity index (χ1n) is 12.1. The number of anilines is 2. The van der Waals surface area contributed by atoms with Crippen molar-refractivity contribution in [3.05, 3.63) is 99.0 Å². The van der Waals surface area contributed by atoms with Crippen molar-refractivity contribution in [3.63, 3.8) is 0 Å². The van der Waals surface area contributed by atoms with E-state index in [0.717, 1.165) is 22.4 Å². The van der Waals surface area contributed by atoms with Gasteiger partial charge in [-0.25, -0.2) is 0 Å². The van der Waals surface area contributed by atoms with Gasteiger partial charge < -0.3 is 10.2 Å². The van der Waals surface area contributed by atoms with Crippen LogP contribution in [0.1, 0.15) is 40.9 Å². The minimum atomic E-state index is -1.34. The third-order valence-electron chi connectivity index (χ3n) is 8.03. The molecule has 0 bridgehead atoms. The topological polar surface area (TPSA) is 66.5 Å². The number of carbonyl (C=O) groups excluding carboxylic acids is 3. The Morgan fingerprint density at radius 1 is 1.00 bits per heavy atom. The summed E-state index contributed by atoms with van der Waals surface area (Å²) >= 11 is 12.6. The minimum Gasteiger partial charge on any atom is -0.352 e. The van der Waals surface area contributed by atoms with E-state index in [4.69, 9.17) is 23.2 Å². The molecule has 186 valence electrons. The molecule has 0 radical (unpaired) electrons. The molecule has 3 heterocycles.